The number of nitrogens with two attached hydrogens (primary N) is 1. The van der Waals surface area contributed by atoms with Crippen LogP contribution in [-0.2, 0) is 6.18 Å². The maximum absolute atomic E-state index is 13.3. The standard InChI is InChI=1S/C12H14F4N2O.ClH/c1-7(17)4-5-18-11(19)9-6-8(12(14,15)16)2-3-10(9)13;/h2-3,6-7H,4-5,17H2,1H3,(H,18,19);1H. The van der Waals surface area contributed by atoms with Crippen molar-refractivity contribution in [3.8, 4) is 0 Å². The number of hydrogen-bond acceptors (Lipinski definition) is 2. The third-order valence-corrected chi connectivity index (χ3v) is 2.42. The van der Waals surface area contributed by atoms with Gasteiger partial charge in [0, 0.05) is 12.6 Å². The Morgan fingerprint density at radius 2 is 2.00 bits per heavy atom. The van der Waals surface area contributed by atoms with Gasteiger partial charge in [-0.2, -0.15) is 13.2 Å². The minimum atomic E-state index is -4.62. The molecule has 0 heterocycles. The minimum Gasteiger partial charge on any atom is -0.352 e. The minimum absolute atomic E-state index is 0. The second-order valence-corrected chi connectivity index (χ2v) is 4.21. The Morgan fingerprint density at radius 3 is 2.50 bits per heavy atom. The number of nitrogens with one attached hydrogen (secondary N) is 1. The molecule has 20 heavy (non-hydrogen) atoms. The number of hydrogen-bond donors (Lipinski definition) is 2. The summed E-state index contributed by atoms with van der Waals surface area (Å²) in [5.74, 6) is -1.88. The van der Waals surface area contributed by atoms with Gasteiger partial charge in [-0.3, -0.25) is 4.79 Å². The molecule has 0 aromatic heterocycles. The number of carbonyl (C=O) groups excluding carboxylic acids is 1. The highest BCUT2D eigenvalue weighted by Gasteiger charge is 2.31. The lowest BCUT2D eigenvalue weighted by molar-refractivity contribution is -0.137. The van der Waals surface area contributed by atoms with Gasteiger partial charge in [0.15, 0.2) is 0 Å². The van der Waals surface area contributed by atoms with Crippen LogP contribution < -0.4 is 11.1 Å². The Bertz CT molecular complexity index is 463. The third kappa shape index (κ3) is 5.34. The molecule has 0 bridgehead atoms. The predicted octanol–water partition coefficient (Wildman–Crippen LogP) is 2.73. The monoisotopic (exact) mass is 314 g/mol. The molecular weight excluding hydrogens is 300 g/mol. The van der Waals surface area contributed by atoms with Crippen molar-refractivity contribution in [3.05, 3.63) is 35.1 Å². The van der Waals surface area contributed by atoms with E-state index >= 15 is 0 Å². The largest absolute Gasteiger partial charge is 0.416 e. The second kappa shape index (κ2) is 7.44. The molecule has 1 amide bonds. The summed E-state index contributed by atoms with van der Waals surface area (Å²) in [6, 6.07) is 1.56. The molecule has 0 fully saturated rings. The van der Waals surface area contributed by atoms with E-state index in [4.69, 9.17) is 5.73 Å². The van der Waals surface area contributed by atoms with Gasteiger partial charge in [-0.05, 0) is 31.5 Å². The first kappa shape index (κ1) is 18.7. The SMILES string of the molecule is CC(N)CCNC(=O)c1cc(C(F)(F)F)ccc1F.Cl. The zero-order valence-electron chi connectivity index (χ0n) is 10.6. The summed E-state index contributed by atoms with van der Waals surface area (Å²) in [6.07, 6.45) is -4.17. The number of amides is 1. The van der Waals surface area contributed by atoms with Gasteiger partial charge in [-0.15, -0.1) is 12.4 Å². The highest BCUT2D eigenvalue weighted by Crippen LogP contribution is 2.30. The maximum atomic E-state index is 13.3. The molecule has 3 nitrogen and oxygen atoms in total. The molecule has 0 saturated carbocycles. The van der Waals surface area contributed by atoms with E-state index in [1.165, 1.54) is 0 Å². The summed E-state index contributed by atoms with van der Waals surface area (Å²) in [5.41, 5.74) is 3.77. The smallest absolute Gasteiger partial charge is 0.352 e. The van der Waals surface area contributed by atoms with Gasteiger partial charge >= 0.3 is 6.18 Å². The number of benzene rings is 1. The molecule has 1 unspecified atom stereocenters. The van der Waals surface area contributed by atoms with Gasteiger partial charge in [0.05, 0.1) is 11.1 Å². The van der Waals surface area contributed by atoms with Crippen molar-refractivity contribution in [2.75, 3.05) is 6.54 Å². The second-order valence-electron chi connectivity index (χ2n) is 4.21. The van der Waals surface area contributed by atoms with Crippen LogP contribution in [0.4, 0.5) is 17.6 Å². The molecule has 8 heteroatoms. The van der Waals surface area contributed by atoms with Crippen LogP contribution in [0.25, 0.3) is 0 Å². The van der Waals surface area contributed by atoms with E-state index in [1.807, 2.05) is 0 Å². The molecular formula is C12H15ClF4N2O. The van der Waals surface area contributed by atoms with E-state index in [0.717, 1.165) is 0 Å². The molecule has 114 valence electrons. The van der Waals surface area contributed by atoms with Crippen molar-refractivity contribution >= 4 is 18.3 Å². The van der Waals surface area contributed by atoms with E-state index < -0.39 is 29.0 Å². The molecule has 0 aliphatic heterocycles. The summed E-state index contributed by atoms with van der Waals surface area (Å²) in [4.78, 5) is 11.6. The van der Waals surface area contributed by atoms with Crippen molar-refractivity contribution < 1.29 is 22.4 Å². The van der Waals surface area contributed by atoms with Crippen molar-refractivity contribution in [3.63, 3.8) is 0 Å². The van der Waals surface area contributed by atoms with E-state index in [1.54, 1.807) is 6.92 Å². The number of carbonyl (C=O) groups is 1. The lowest BCUT2D eigenvalue weighted by Crippen LogP contribution is -2.29. The van der Waals surface area contributed by atoms with Gasteiger partial charge < -0.3 is 11.1 Å². The highest BCUT2D eigenvalue weighted by atomic mass is 35.5. The Labute approximate surface area is 119 Å². The fourth-order valence-electron chi connectivity index (χ4n) is 1.38. The summed E-state index contributed by atoms with van der Waals surface area (Å²) in [7, 11) is 0. The summed E-state index contributed by atoms with van der Waals surface area (Å²) >= 11 is 0. The first-order chi connectivity index (χ1) is 8.71. The molecule has 1 aromatic carbocycles. The van der Waals surface area contributed by atoms with E-state index in [-0.39, 0.29) is 25.0 Å². The van der Waals surface area contributed by atoms with Gasteiger partial charge in [-0.1, -0.05) is 0 Å². The zero-order chi connectivity index (χ0) is 14.6. The molecule has 0 aliphatic carbocycles. The molecule has 0 spiro atoms. The number of alkyl halides is 3. The Morgan fingerprint density at radius 1 is 1.40 bits per heavy atom. The summed E-state index contributed by atoms with van der Waals surface area (Å²) < 4.78 is 50.7. The lowest BCUT2D eigenvalue weighted by Gasteiger charge is -2.11. The molecule has 3 N–H and O–H groups in total. The van der Waals surface area contributed by atoms with Crippen LogP contribution in [0.15, 0.2) is 18.2 Å². The fraction of sp³-hybridized carbons (Fsp3) is 0.417. The molecule has 1 rings (SSSR count). The predicted molar refractivity (Wildman–Crippen MR) is 69.2 cm³/mol. The van der Waals surface area contributed by atoms with Crippen LogP contribution in [0.3, 0.4) is 0 Å². The molecule has 0 radical (unpaired) electrons. The summed E-state index contributed by atoms with van der Waals surface area (Å²) in [6.45, 7) is 1.89. The Kier molecular flexibility index (Phi) is 6.95. The van der Waals surface area contributed by atoms with Crippen molar-refractivity contribution in [2.24, 2.45) is 5.73 Å². The van der Waals surface area contributed by atoms with Crippen LogP contribution >= 0.6 is 12.4 Å². The molecule has 1 aromatic rings. The van der Waals surface area contributed by atoms with Crippen LogP contribution in [-0.4, -0.2) is 18.5 Å². The van der Waals surface area contributed by atoms with Crippen LogP contribution in [0.2, 0.25) is 0 Å². The van der Waals surface area contributed by atoms with Gasteiger partial charge in [0.2, 0.25) is 0 Å². The Hall–Kier alpha value is -1.34. The van der Waals surface area contributed by atoms with E-state index in [0.29, 0.717) is 24.6 Å². The average Bonchev–Trinajstić information content (AvgIpc) is 2.27. The molecule has 0 aliphatic rings. The number of rotatable bonds is 4. The first-order valence-electron chi connectivity index (χ1n) is 5.62. The molecule has 1 atom stereocenters. The summed E-state index contributed by atoms with van der Waals surface area (Å²) in [5, 5.41) is 2.32. The maximum Gasteiger partial charge on any atom is 0.416 e. The van der Waals surface area contributed by atoms with Gasteiger partial charge in [0.1, 0.15) is 5.82 Å². The zero-order valence-corrected chi connectivity index (χ0v) is 11.4. The van der Waals surface area contributed by atoms with E-state index in [2.05, 4.69) is 5.32 Å². The quantitative estimate of drug-likeness (QED) is 0.840. The normalized spacial score (nSPS) is 12.5. The van der Waals surface area contributed by atoms with Crippen LogP contribution in [0.5, 0.6) is 0 Å². The Balaban J connectivity index is 0.00000361. The highest BCUT2D eigenvalue weighted by molar-refractivity contribution is 5.94. The first-order valence-corrected chi connectivity index (χ1v) is 5.62. The lowest BCUT2D eigenvalue weighted by atomic mass is 10.1. The number of halogens is 5. The van der Waals surface area contributed by atoms with E-state index in [9.17, 15) is 22.4 Å². The third-order valence-electron chi connectivity index (χ3n) is 2.42. The van der Waals surface area contributed by atoms with Crippen LogP contribution in [0.1, 0.15) is 29.3 Å². The van der Waals surface area contributed by atoms with Crippen molar-refractivity contribution in [1.29, 1.82) is 0 Å². The average molecular weight is 315 g/mol. The van der Waals surface area contributed by atoms with Crippen molar-refractivity contribution in [2.45, 2.75) is 25.6 Å². The van der Waals surface area contributed by atoms with Gasteiger partial charge in [0.25, 0.3) is 5.91 Å². The fourth-order valence-corrected chi connectivity index (χ4v) is 1.38. The molecule has 0 saturated heterocycles. The van der Waals surface area contributed by atoms with Crippen LogP contribution in [0, 0.1) is 5.82 Å². The van der Waals surface area contributed by atoms with Gasteiger partial charge in [-0.25, -0.2) is 4.39 Å². The van der Waals surface area contributed by atoms with Crippen molar-refractivity contribution in [1.82, 2.24) is 5.32 Å². The topological polar surface area (TPSA) is 55.1 Å².